The molecule has 0 spiro atoms. The summed E-state index contributed by atoms with van der Waals surface area (Å²) in [6, 6.07) is 0. The second-order valence-corrected chi connectivity index (χ2v) is 9.67. The molecule has 5 fully saturated rings. The van der Waals surface area contributed by atoms with Gasteiger partial charge in [-0.1, -0.05) is 18.1 Å². The van der Waals surface area contributed by atoms with Gasteiger partial charge >= 0.3 is 0 Å². The highest BCUT2D eigenvalue weighted by atomic mass is 16.3. The maximum absolute atomic E-state index is 12.8. The van der Waals surface area contributed by atoms with Gasteiger partial charge in [0.2, 0.25) is 0 Å². The van der Waals surface area contributed by atoms with Crippen molar-refractivity contribution in [3.63, 3.8) is 0 Å². The Bertz CT molecular complexity index is 639. The molecule has 1 aromatic heterocycles. The fraction of sp³-hybridized carbons (Fsp3) is 0.850. The number of carbonyl (C=O) groups is 1. The highest BCUT2D eigenvalue weighted by Crippen LogP contribution is 2.61. The number of hydrogen-bond donors (Lipinski definition) is 1. The predicted octanol–water partition coefficient (Wildman–Crippen LogP) is 3.22. The number of rotatable bonds is 5. The molecule has 1 aromatic rings. The van der Waals surface area contributed by atoms with Crippen molar-refractivity contribution in [3.05, 3.63) is 11.9 Å². The van der Waals surface area contributed by atoms with E-state index in [2.05, 4.69) is 10.3 Å². The minimum absolute atomic E-state index is 0.289. The zero-order valence-electron chi connectivity index (χ0n) is 15.0. The van der Waals surface area contributed by atoms with Crippen LogP contribution in [-0.4, -0.2) is 25.9 Å². The molecular formula is C20H29N3O2. The SMILES string of the molecule is O=C(Cn1cc(C2(O)CCCC2)nn1)CC12CC3CC(CC(C3)C1)C2. The molecule has 6 rings (SSSR count). The molecule has 136 valence electrons. The van der Waals surface area contributed by atoms with Crippen LogP contribution in [0.15, 0.2) is 6.20 Å². The quantitative estimate of drug-likeness (QED) is 0.891. The fourth-order valence-corrected chi connectivity index (χ4v) is 6.97. The van der Waals surface area contributed by atoms with Crippen LogP contribution in [0.3, 0.4) is 0 Å². The molecule has 1 heterocycles. The monoisotopic (exact) mass is 343 g/mol. The van der Waals surface area contributed by atoms with Crippen LogP contribution in [0, 0.1) is 23.2 Å². The first-order valence-corrected chi connectivity index (χ1v) is 10.2. The molecule has 25 heavy (non-hydrogen) atoms. The molecule has 0 atom stereocenters. The Balaban J connectivity index is 1.25. The van der Waals surface area contributed by atoms with Crippen molar-refractivity contribution in [1.82, 2.24) is 15.0 Å². The number of nitrogens with zero attached hydrogens (tertiary/aromatic N) is 3. The first-order valence-electron chi connectivity index (χ1n) is 10.2. The minimum atomic E-state index is -0.818. The van der Waals surface area contributed by atoms with E-state index in [0.717, 1.165) is 49.9 Å². The van der Waals surface area contributed by atoms with Gasteiger partial charge in [0.05, 0.1) is 6.20 Å². The van der Waals surface area contributed by atoms with Crippen LogP contribution in [0.2, 0.25) is 0 Å². The lowest BCUT2D eigenvalue weighted by atomic mass is 9.48. The Morgan fingerprint density at radius 3 is 2.32 bits per heavy atom. The van der Waals surface area contributed by atoms with Gasteiger partial charge in [-0.05, 0) is 74.5 Å². The van der Waals surface area contributed by atoms with Crippen LogP contribution in [-0.2, 0) is 16.9 Å². The summed E-state index contributed by atoms with van der Waals surface area (Å²) in [5.74, 6) is 2.94. The molecule has 5 saturated carbocycles. The van der Waals surface area contributed by atoms with E-state index < -0.39 is 5.60 Å². The number of aliphatic hydroxyl groups is 1. The van der Waals surface area contributed by atoms with Crippen LogP contribution in [0.5, 0.6) is 0 Å². The number of hydrogen-bond acceptors (Lipinski definition) is 4. The molecular weight excluding hydrogens is 314 g/mol. The van der Waals surface area contributed by atoms with E-state index in [0.29, 0.717) is 17.7 Å². The molecule has 0 radical (unpaired) electrons. The zero-order valence-corrected chi connectivity index (χ0v) is 15.0. The van der Waals surface area contributed by atoms with Gasteiger partial charge in [-0.25, -0.2) is 4.68 Å². The van der Waals surface area contributed by atoms with E-state index in [-0.39, 0.29) is 5.78 Å². The van der Waals surface area contributed by atoms with Gasteiger partial charge in [-0.15, -0.1) is 5.10 Å². The molecule has 0 unspecified atom stereocenters. The average molecular weight is 343 g/mol. The van der Waals surface area contributed by atoms with E-state index in [9.17, 15) is 9.90 Å². The fourth-order valence-electron chi connectivity index (χ4n) is 6.97. The summed E-state index contributed by atoms with van der Waals surface area (Å²) >= 11 is 0. The molecule has 5 nitrogen and oxygen atoms in total. The Morgan fingerprint density at radius 1 is 1.12 bits per heavy atom. The first kappa shape index (κ1) is 16.0. The van der Waals surface area contributed by atoms with Gasteiger partial charge in [0.25, 0.3) is 0 Å². The average Bonchev–Trinajstić information content (AvgIpc) is 3.15. The van der Waals surface area contributed by atoms with E-state index >= 15 is 0 Å². The largest absolute Gasteiger partial charge is 0.383 e. The summed E-state index contributed by atoms with van der Waals surface area (Å²) in [6.45, 7) is 0.310. The van der Waals surface area contributed by atoms with E-state index in [1.165, 1.54) is 38.5 Å². The predicted molar refractivity (Wildman–Crippen MR) is 92.6 cm³/mol. The first-order chi connectivity index (χ1) is 12.0. The topological polar surface area (TPSA) is 68.0 Å². The smallest absolute Gasteiger partial charge is 0.154 e. The molecule has 0 aromatic carbocycles. The van der Waals surface area contributed by atoms with Gasteiger partial charge in [0.15, 0.2) is 5.78 Å². The Labute approximate surface area is 149 Å². The van der Waals surface area contributed by atoms with E-state index in [4.69, 9.17) is 0 Å². The third kappa shape index (κ3) is 2.84. The molecule has 5 heteroatoms. The lowest BCUT2D eigenvalue weighted by molar-refractivity contribution is -0.128. The summed E-state index contributed by atoms with van der Waals surface area (Å²) in [5, 5.41) is 18.9. The maximum atomic E-state index is 12.8. The van der Waals surface area contributed by atoms with Gasteiger partial charge < -0.3 is 5.11 Å². The Kier molecular flexibility index (Phi) is 3.60. The standard InChI is InChI=1S/C20H29N3O2/c24-17(11-19-8-14-5-15(9-19)7-16(6-14)10-19)12-23-13-18(21-22-23)20(25)3-1-2-4-20/h13-16,25H,1-12H2. The third-order valence-electron chi connectivity index (χ3n) is 7.52. The van der Waals surface area contributed by atoms with Crippen LogP contribution in [0.4, 0.5) is 0 Å². The van der Waals surface area contributed by atoms with Gasteiger partial charge in [-0.2, -0.15) is 0 Å². The maximum Gasteiger partial charge on any atom is 0.154 e. The van der Waals surface area contributed by atoms with Crippen molar-refractivity contribution in [3.8, 4) is 0 Å². The summed E-state index contributed by atoms with van der Waals surface area (Å²) < 4.78 is 1.65. The summed E-state index contributed by atoms with van der Waals surface area (Å²) in [4.78, 5) is 12.8. The van der Waals surface area contributed by atoms with Crippen molar-refractivity contribution in [2.24, 2.45) is 23.2 Å². The summed E-state index contributed by atoms with van der Waals surface area (Å²) in [7, 11) is 0. The normalized spacial score (nSPS) is 38.4. The summed E-state index contributed by atoms with van der Waals surface area (Å²) in [5.41, 5.74) is 0.118. The molecule has 4 bridgehead atoms. The highest BCUT2D eigenvalue weighted by molar-refractivity contribution is 5.79. The molecule has 0 amide bonds. The third-order valence-corrected chi connectivity index (χ3v) is 7.52. The van der Waals surface area contributed by atoms with Crippen molar-refractivity contribution in [2.45, 2.75) is 82.8 Å². The van der Waals surface area contributed by atoms with Gasteiger partial charge in [-0.3, -0.25) is 4.79 Å². The number of Topliss-reactive ketones (excluding diaryl/α,β-unsaturated/α-hetero) is 1. The van der Waals surface area contributed by atoms with Gasteiger partial charge in [0, 0.05) is 6.42 Å². The lowest BCUT2D eigenvalue weighted by Crippen LogP contribution is -2.47. The van der Waals surface area contributed by atoms with E-state index in [1.807, 2.05) is 0 Å². The molecule has 5 aliphatic rings. The molecule has 0 aliphatic heterocycles. The zero-order chi connectivity index (χ0) is 17.1. The van der Waals surface area contributed by atoms with Crippen molar-refractivity contribution < 1.29 is 9.90 Å². The molecule has 1 N–H and O–H groups in total. The van der Waals surface area contributed by atoms with Crippen LogP contribution >= 0.6 is 0 Å². The Hall–Kier alpha value is -1.23. The lowest BCUT2D eigenvalue weighted by Gasteiger charge is -2.56. The van der Waals surface area contributed by atoms with E-state index in [1.54, 1.807) is 10.9 Å². The molecule has 0 saturated heterocycles. The highest BCUT2D eigenvalue weighted by Gasteiger charge is 2.51. The molecule has 5 aliphatic carbocycles. The van der Waals surface area contributed by atoms with Crippen LogP contribution < -0.4 is 0 Å². The second-order valence-electron chi connectivity index (χ2n) is 9.67. The second kappa shape index (κ2) is 5.63. The van der Waals surface area contributed by atoms with Crippen LogP contribution in [0.1, 0.15) is 76.3 Å². The summed E-state index contributed by atoms with van der Waals surface area (Å²) in [6.07, 6.45) is 14.2. The minimum Gasteiger partial charge on any atom is -0.383 e. The van der Waals surface area contributed by atoms with Crippen molar-refractivity contribution >= 4 is 5.78 Å². The number of ketones is 1. The number of aromatic nitrogens is 3. The van der Waals surface area contributed by atoms with Crippen molar-refractivity contribution in [1.29, 1.82) is 0 Å². The van der Waals surface area contributed by atoms with Crippen molar-refractivity contribution in [2.75, 3.05) is 0 Å². The number of carbonyl (C=O) groups excluding carboxylic acids is 1. The van der Waals surface area contributed by atoms with Crippen LogP contribution in [0.25, 0.3) is 0 Å². The van der Waals surface area contributed by atoms with Gasteiger partial charge in [0.1, 0.15) is 17.8 Å². The Morgan fingerprint density at radius 2 is 1.72 bits per heavy atom.